The highest BCUT2D eigenvalue weighted by molar-refractivity contribution is 5.89. The summed E-state index contributed by atoms with van der Waals surface area (Å²) in [6, 6.07) is 4.55. The molecule has 0 aromatic heterocycles. The van der Waals surface area contributed by atoms with Gasteiger partial charge in [0.05, 0.1) is 17.9 Å². The fourth-order valence-corrected chi connectivity index (χ4v) is 2.09. The topological polar surface area (TPSA) is 84.6 Å². The Balaban J connectivity index is 1.94. The molecule has 98 valence electrons. The first-order chi connectivity index (χ1) is 8.66. The van der Waals surface area contributed by atoms with Gasteiger partial charge in [0, 0.05) is 12.5 Å². The van der Waals surface area contributed by atoms with Gasteiger partial charge >= 0.3 is 5.97 Å². The van der Waals surface area contributed by atoms with E-state index in [1.807, 2.05) is 0 Å². The van der Waals surface area contributed by atoms with Gasteiger partial charge in [0.15, 0.2) is 0 Å². The second-order valence-corrected chi connectivity index (χ2v) is 4.58. The van der Waals surface area contributed by atoms with Crippen molar-refractivity contribution in [3.63, 3.8) is 0 Å². The van der Waals surface area contributed by atoms with Crippen molar-refractivity contribution in [3.8, 4) is 5.75 Å². The lowest BCUT2D eigenvalue weighted by Gasteiger charge is -2.23. The van der Waals surface area contributed by atoms with Crippen molar-refractivity contribution in [1.29, 1.82) is 0 Å². The zero-order valence-electron chi connectivity index (χ0n) is 10.2. The molecule has 5 nitrogen and oxygen atoms in total. The minimum atomic E-state index is -0.982. The summed E-state index contributed by atoms with van der Waals surface area (Å²) >= 11 is 0. The molecule has 0 aliphatic carbocycles. The van der Waals surface area contributed by atoms with Crippen LogP contribution in [0.25, 0.3) is 0 Å². The summed E-state index contributed by atoms with van der Waals surface area (Å²) < 4.78 is 5.65. The van der Waals surface area contributed by atoms with Gasteiger partial charge < -0.3 is 20.9 Å². The number of benzene rings is 1. The molecule has 1 atom stereocenters. The van der Waals surface area contributed by atoms with Crippen molar-refractivity contribution in [3.05, 3.63) is 23.8 Å². The fraction of sp³-hybridized carbons (Fsp3) is 0.462. The minimum absolute atomic E-state index is 0.180. The van der Waals surface area contributed by atoms with Gasteiger partial charge in [-0.15, -0.1) is 0 Å². The zero-order valence-corrected chi connectivity index (χ0v) is 10.2. The summed E-state index contributed by atoms with van der Waals surface area (Å²) in [6.07, 6.45) is 2.32. The molecule has 18 heavy (non-hydrogen) atoms. The summed E-state index contributed by atoms with van der Waals surface area (Å²) in [6.45, 7) is 2.66. The summed E-state index contributed by atoms with van der Waals surface area (Å²) in [4.78, 5) is 10.8. The van der Waals surface area contributed by atoms with Crippen molar-refractivity contribution >= 4 is 11.7 Å². The first-order valence-corrected chi connectivity index (χ1v) is 6.13. The predicted molar refractivity (Wildman–Crippen MR) is 68.9 cm³/mol. The SMILES string of the molecule is Nc1cc(C(=O)O)ccc1OCC1CCCNC1. The second kappa shape index (κ2) is 5.73. The van der Waals surface area contributed by atoms with Gasteiger partial charge in [-0.1, -0.05) is 0 Å². The highest BCUT2D eigenvalue weighted by atomic mass is 16.5. The van der Waals surface area contributed by atoms with Crippen LogP contribution in [0.3, 0.4) is 0 Å². The summed E-state index contributed by atoms with van der Waals surface area (Å²) in [5.74, 6) is 0.0765. The van der Waals surface area contributed by atoms with Gasteiger partial charge in [0.1, 0.15) is 5.75 Å². The number of carboxylic acids is 1. The summed E-state index contributed by atoms with van der Waals surface area (Å²) in [7, 11) is 0. The third-order valence-corrected chi connectivity index (χ3v) is 3.13. The van der Waals surface area contributed by atoms with E-state index in [2.05, 4.69) is 5.32 Å². The van der Waals surface area contributed by atoms with Gasteiger partial charge in [-0.2, -0.15) is 0 Å². The highest BCUT2D eigenvalue weighted by Gasteiger charge is 2.14. The molecule has 2 rings (SSSR count). The van der Waals surface area contributed by atoms with Gasteiger partial charge in [-0.25, -0.2) is 4.79 Å². The molecular weight excluding hydrogens is 232 g/mol. The Kier molecular flexibility index (Phi) is 4.04. The Bertz CT molecular complexity index is 428. The zero-order chi connectivity index (χ0) is 13.0. The number of piperidine rings is 1. The van der Waals surface area contributed by atoms with Gasteiger partial charge in [-0.3, -0.25) is 0 Å². The Hall–Kier alpha value is -1.75. The number of carboxylic acid groups (broad SMARTS) is 1. The number of nitrogen functional groups attached to an aromatic ring is 1. The lowest BCUT2D eigenvalue weighted by atomic mass is 10.0. The van der Waals surface area contributed by atoms with Gasteiger partial charge in [-0.05, 0) is 37.6 Å². The van der Waals surface area contributed by atoms with Crippen LogP contribution < -0.4 is 15.8 Å². The maximum absolute atomic E-state index is 10.8. The van der Waals surface area contributed by atoms with Crippen LogP contribution in [0.4, 0.5) is 5.69 Å². The van der Waals surface area contributed by atoms with E-state index in [1.165, 1.54) is 18.6 Å². The highest BCUT2D eigenvalue weighted by Crippen LogP contribution is 2.24. The Morgan fingerprint density at radius 2 is 2.39 bits per heavy atom. The van der Waals surface area contributed by atoms with E-state index in [4.69, 9.17) is 15.6 Å². The quantitative estimate of drug-likeness (QED) is 0.702. The van der Waals surface area contributed by atoms with E-state index >= 15 is 0 Å². The molecule has 1 aliphatic rings. The first kappa shape index (κ1) is 12.7. The van der Waals surface area contributed by atoms with Crippen LogP contribution in [0, 0.1) is 5.92 Å². The number of hydrogen-bond acceptors (Lipinski definition) is 4. The maximum Gasteiger partial charge on any atom is 0.335 e. The van der Waals surface area contributed by atoms with Crippen LogP contribution in [0.2, 0.25) is 0 Å². The largest absolute Gasteiger partial charge is 0.491 e. The molecule has 0 bridgehead atoms. The summed E-state index contributed by atoms with van der Waals surface area (Å²) in [5.41, 5.74) is 6.32. The molecule has 1 aromatic rings. The molecular formula is C13H18N2O3. The van der Waals surface area contributed by atoms with Crippen LogP contribution in [0.5, 0.6) is 5.75 Å². The van der Waals surface area contributed by atoms with E-state index < -0.39 is 5.97 Å². The number of rotatable bonds is 4. The van der Waals surface area contributed by atoms with Crippen LogP contribution >= 0.6 is 0 Å². The Morgan fingerprint density at radius 3 is 3.00 bits per heavy atom. The molecule has 1 heterocycles. The summed E-state index contributed by atoms with van der Waals surface area (Å²) in [5, 5.41) is 12.2. The number of nitrogens with two attached hydrogens (primary N) is 1. The second-order valence-electron chi connectivity index (χ2n) is 4.58. The number of hydrogen-bond donors (Lipinski definition) is 3. The van der Waals surface area contributed by atoms with Crippen LogP contribution in [-0.2, 0) is 0 Å². The predicted octanol–water partition coefficient (Wildman–Crippen LogP) is 1.35. The maximum atomic E-state index is 10.8. The molecule has 1 aliphatic heterocycles. The van der Waals surface area contributed by atoms with E-state index in [0.29, 0.717) is 24.0 Å². The molecule has 0 amide bonds. The molecule has 5 heteroatoms. The Labute approximate surface area is 106 Å². The first-order valence-electron chi connectivity index (χ1n) is 6.13. The molecule has 1 unspecified atom stereocenters. The lowest BCUT2D eigenvalue weighted by molar-refractivity contribution is 0.0697. The molecule has 4 N–H and O–H groups in total. The third kappa shape index (κ3) is 3.13. The van der Waals surface area contributed by atoms with Gasteiger partial charge in [0.25, 0.3) is 0 Å². The van der Waals surface area contributed by atoms with Crippen LogP contribution in [-0.4, -0.2) is 30.8 Å². The molecule has 1 saturated heterocycles. The molecule has 0 radical (unpaired) electrons. The number of ether oxygens (including phenoxy) is 1. The minimum Gasteiger partial charge on any atom is -0.491 e. The monoisotopic (exact) mass is 250 g/mol. The lowest BCUT2D eigenvalue weighted by Crippen LogP contribution is -2.33. The average Bonchev–Trinajstić information content (AvgIpc) is 2.38. The molecule has 1 fully saturated rings. The molecule has 0 spiro atoms. The Morgan fingerprint density at radius 1 is 1.56 bits per heavy atom. The number of nitrogens with one attached hydrogen (secondary N) is 1. The average molecular weight is 250 g/mol. The van der Waals surface area contributed by atoms with E-state index in [1.54, 1.807) is 6.07 Å². The third-order valence-electron chi connectivity index (χ3n) is 3.13. The standard InChI is InChI=1S/C13H18N2O3/c14-11-6-10(13(16)17)3-4-12(11)18-8-9-2-1-5-15-7-9/h3-4,6,9,15H,1-2,5,7-8,14H2,(H,16,17). The van der Waals surface area contributed by atoms with Crippen molar-refractivity contribution in [1.82, 2.24) is 5.32 Å². The van der Waals surface area contributed by atoms with Crippen molar-refractivity contribution in [2.24, 2.45) is 5.92 Å². The van der Waals surface area contributed by atoms with Crippen LogP contribution in [0.15, 0.2) is 18.2 Å². The van der Waals surface area contributed by atoms with Crippen LogP contribution in [0.1, 0.15) is 23.2 Å². The van der Waals surface area contributed by atoms with E-state index in [0.717, 1.165) is 19.5 Å². The van der Waals surface area contributed by atoms with Gasteiger partial charge in [0.2, 0.25) is 0 Å². The van der Waals surface area contributed by atoms with Crippen molar-refractivity contribution in [2.45, 2.75) is 12.8 Å². The fourth-order valence-electron chi connectivity index (χ4n) is 2.09. The van der Waals surface area contributed by atoms with Crippen molar-refractivity contribution < 1.29 is 14.6 Å². The number of anilines is 1. The number of aromatic carboxylic acids is 1. The number of carbonyl (C=O) groups is 1. The molecule has 1 aromatic carbocycles. The smallest absolute Gasteiger partial charge is 0.335 e. The molecule has 0 saturated carbocycles. The normalized spacial score (nSPS) is 19.4. The van der Waals surface area contributed by atoms with Crippen molar-refractivity contribution in [2.75, 3.05) is 25.4 Å². The van der Waals surface area contributed by atoms with E-state index in [9.17, 15) is 4.79 Å². The van der Waals surface area contributed by atoms with E-state index in [-0.39, 0.29) is 5.56 Å².